The third-order valence-electron chi connectivity index (χ3n) is 4.15. The standard InChI is InChI=1S/C16H27NOS/c1-12(10-13(2)18)11-17-16(14-6-3-4-7-14)15-8-5-9-19-15/h5,8-9,12-14,16-18H,3-4,6-7,10-11H2,1-2H3. The van der Waals surface area contributed by atoms with E-state index in [1.807, 2.05) is 18.3 Å². The Kier molecular flexibility index (Phi) is 5.86. The molecule has 0 aliphatic heterocycles. The fourth-order valence-electron chi connectivity index (χ4n) is 3.25. The van der Waals surface area contributed by atoms with Crippen LogP contribution in [0.2, 0.25) is 0 Å². The van der Waals surface area contributed by atoms with Crippen molar-refractivity contribution in [1.29, 1.82) is 0 Å². The maximum absolute atomic E-state index is 9.46. The molecule has 1 aromatic rings. The van der Waals surface area contributed by atoms with E-state index >= 15 is 0 Å². The maximum atomic E-state index is 9.46. The lowest BCUT2D eigenvalue weighted by molar-refractivity contribution is 0.161. The van der Waals surface area contributed by atoms with Crippen molar-refractivity contribution in [3.8, 4) is 0 Å². The van der Waals surface area contributed by atoms with Gasteiger partial charge in [0.05, 0.1) is 6.10 Å². The van der Waals surface area contributed by atoms with E-state index < -0.39 is 0 Å². The normalized spacial score (nSPS) is 21.4. The van der Waals surface area contributed by atoms with Crippen molar-refractivity contribution in [2.45, 2.75) is 58.1 Å². The zero-order valence-electron chi connectivity index (χ0n) is 12.1. The van der Waals surface area contributed by atoms with Crippen LogP contribution in [0.5, 0.6) is 0 Å². The smallest absolute Gasteiger partial charge is 0.0515 e. The Balaban J connectivity index is 1.91. The first kappa shape index (κ1) is 15.0. The van der Waals surface area contributed by atoms with Gasteiger partial charge in [-0.3, -0.25) is 0 Å². The van der Waals surface area contributed by atoms with Crippen LogP contribution in [0.15, 0.2) is 17.5 Å². The van der Waals surface area contributed by atoms with Crippen molar-refractivity contribution in [1.82, 2.24) is 5.32 Å². The second kappa shape index (κ2) is 7.41. The number of hydrogen-bond donors (Lipinski definition) is 2. The summed E-state index contributed by atoms with van der Waals surface area (Å²) in [4.78, 5) is 1.48. The molecule has 3 unspecified atom stereocenters. The lowest BCUT2D eigenvalue weighted by Crippen LogP contribution is -2.31. The van der Waals surface area contributed by atoms with Crippen LogP contribution < -0.4 is 5.32 Å². The predicted octanol–water partition coefficient (Wildman–Crippen LogP) is 3.98. The lowest BCUT2D eigenvalue weighted by Gasteiger charge is -2.26. The number of thiophene rings is 1. The molecule has 19 heavy (non-hydrogen) atoms. The highest BCUT2D eigenvalue weighted by Gasteiger charge is 2.27. The molecule has 0 spiro atoms. The molecule has 3 atom stereocenters. The van der Waals surface area contributed by atoms with Gasteiger partial charge in [-0.1, -0.05) is 25.8 Å². The molecule has 1 heterocycles. The van der Waals surface area contributed by atoms with Crippen LogP contribution in [-0.4, -0.2) is 17.8 Å². The molecule has 1 fully saturated rings. The first-order chi connectivity index (χ1) is 9.16. The largest absolute Gasteiger partial charge is 0.393 e. The van der Waals surface area contributed by atoms with Gasteiger partial charge in [-0.25, -0.2) is 0 Å². The van der Waals surface area contributed by atoms with Gasteiger partial charge in [0.2, 0.25) is 0 Å². The minimum atomic E-state index is -0.191. The molecule has 2 rings (SSSR count). The van der Waals surface area contributed by atoms with Gasteiger partial charge in [0, 0.05) is 10.9 Å². The molecule has 108 valence electrons. The molecular weight excluding hydrogens is 254 g/mol. The second-order valence-electron chi connectivity index (χ2n) is 6.14. The predicted molar refractivity (Wildman–Crippen MR) is 82.5 cm³/mol. The van der Waals surface area contributed by atoms with Crippen LogP contribution in [0.1, 0.15) is 56.9 Å². The Morgan fingerprint density at radius 2 is 2.11 bits per heavy atom. The molecule has 0 saturated heterocycles. The summed E-state index contributed by atoms with van der Waals surface area (Å²) in [6.07, 6.45) is 6.19. The van der Waals surface area contributed by atoms with E-state index in [0.29, 0.717) is 12.0 Å². The summed E-state index contributed by atoms with van der Waals surface area (Å²) in [6.45, 7) is 5.11. The Hall–Kier alpha value is -0.380. The van der Waals surface area contributed by atoms with Crippen LogP contribution in [0.25, 0.3) is 0 Å². The van der Waals surface area contributed by atoms with Crippen molar-refractivity contribution in [3.05, 3.63) is 22.4 Å². The van der Waals surface area contributed by atoms with Crippen molar-refractivity contribution in [3.63, 3.8) is 0 Å². The molecule has 0 aromatic carbocycles. The Labute approximate surface area is 121 Å². The fourth-order valence-corrected chi connectivity index (χ4v) is 4.15. The number of hydrogen-bond acceptors (Lipinski definition) is 3. The average Bonchev–Trinajstić information content (AvgIpc) is 3.00. The van der Waals surface area contributed by atoms with Crippen LogP contribution in [0, 0.1) is 11.8 Å². The van der Waals surface area contributed by atoms with Gasteiger partial charge in [0.25, 0.3) is 0 Å². The molecule has 0 amide bonds. The topological polar surface area (TPSA) is 32.3 Å². The SMILES string of the molecule is CC(O)CC(C)CNC(c1cccs1)C1CCCC1. The molecule has 1 aliphatic rings. The molecule has 3 heteroatoms. The van der Waals surface area contributed by atoms with E-state index in [9.17, 15) is 5.11 Å². The Bertz CT molecular complexity index is 344. The van der Waals surface area contributed by atoms with Gasteiger partial charge in [0.15, 0.2) is 0 Å². The molecule has 1 aromatic heterocycles. The van der Waals surface area contributed by atoms with Gasteiger partial charge >= 0.3 is 0 Å². The summed E-state index contributed by atoms with van der Waals surface area (Å²) in [7, 11) is 0. The van der Waals surface area contributed by atoms with Crippen LogP contribution >= 0.6 is 11.3 Å². The number of aliphatic hydroxyl groups is 1. The molecule has 2 N–H and O–H groups in total. The van der Waals surface area contributed by atoms with Crippen molar-refractivity contribution in [2.24, 2.45) is 11.8 Å². The van der Waals surface area contributed by atoms with E-state index in [-0.39, 0.29) is 6.10 Å². The summed E-state index contributed by atoms with van der Waals surface area (Å²) in [5, 5.41) is 15.4. The second-order valence-corrected chi connectivity index (χ2v) is 7.12. The fraction of sp³-hybridized carbons (Fsp3) is 0.750. The zero-order valence-corrected chi connectivity index (χ0v) is 13.0. The molecule has 1 saturated carbocycles. The van der Waals surface area contributed by atoms with E-state index in [4.69, 9.17) is 0 Å². The summed E-state index contributed by atoms with van der Waals surface area (Å²) < 4.78 is 0. The minimum Gasteiger partial charge on any atom is -0.393 e. The van der Waals surface area contributed by atoms with Gasteiger partial charge in [-0.2, -0.15) is 0 Å². The molecule has 1 aliphatic carbocycles. The molecule has 0 bridgehead atoms. The monoisotopic (exact) mass is 281 g/mol. The Morgan fingerprint density at radius 3 is 2.68 bits per heavy atom. The van der Waals surface area contributed by atoms with E-state index in [1.165, 1.54) is 30.6 Å². The highest BCUT2D eigenvalue weighted by atomic mass is 32.1. The summed E-state index contributed by atoms with van der Waals surface area (Å²) in [5.74, 6) is 1.33. The maximum Gasteiger partial charge on any atom is 0.0515 e. The summed E-state index contributed by atoms with van der Waals surface area (Å²) >= 11 is 1.87. The highest BCUT2D eigenvalue weighted by Crippen LogP contribution is 2.37. The summed E-state index contributed by atoms with van der Waals surface area (Å²) in [5.41, 5.74) is 0. The van der Waals surface area contributed by atoms with E-state index in [0.717, 1.165) is 18.9 Å². The lowest BCUT2D eigenvalue weighted by atomic mass is 9.95. The average molecular weight is 281 g/mol. The van der Waals surface area contributed by atoms with E-state index in [2.05, 4.69) is 29.8 Å². The number of aliphatic hydroxyl groups excluding tert-OH is 1. The minimum absolute atomic E-state index is 0.191. The van der Waals surface area contributed by atoms with Crippen molar-refractivity contribution >= 4 is 11.3 Å². The first-order valence-corrected chi connectivity index (χ1v) is 8.49. The molecular formula is C16H27NOS. The number of rotatable bonds is 7. The molecule has 0 radical (unpaired) electrons. The van der Waals surface area contributed by atoms with Crippen molar-refractivity contribution < 1.29 is 5.11 Å². The van der Waals surface area contributed by atoms with Gasteiger partial charge < -0.3 is 10.4 Å². The van der Waals surface area contributed by atoms with Crippen LogP contribution in [0.4, 0.5) is 0 Å². The summed E-state index contributed by atoms with van der Waals surface area (Å²) in [6, 6.07) is 4.95. The Morgan fingerprint density at radius 1 is 1.37 bits per heavy atom. The van der Waals surface area contributed by atoms with Gasteiger partial charge in [-0.05, 0) is 56.0 Å². The van der Waals surface area contributed by atoms with Gasteiger partial charge in [-0.15, -0.1) is 11.3 Å². The quantitative estimate of drug-likeness (QED) is 0.792. The van der Waals surface area contributed by atoms with Crippen LogP contribution in [-0.2, 0) is 0 Å². The van der Waals surface area contributed by atoms with Gasteiger partial charge in [0.1, 0.15) is 0 Å². The van der Waals surface area contributed by atoms with Crippen molar-refractivity contribution in [2.75, 3.05) is 6.54 Å². The molecule has 2 nitrogen and oxygen atoms in total. The number of nitrogens with one attached hydrogen (secondary N) is 1. The van der Waals surface area contributed by atoms with E-state index in [1.54, 1.807) is 0 Å². The van der Waals surface area contributed by atoms with Crippen LogP contribution in [0.3, 0.4) is 0 Å². The highest BCUT2D eigenvalue weighted by molar-refractivity contribution is 7.10. The third kappa shape index (κ3) is 4.59. The first-order valence-electron chi connectivity index (χ1n) is 7.61. The third-order valence-corrected chi connectivity index (χ3v) is 5.11. The zero-order chi connectivity index (χ0) is 13.7.